The first-order valence-corrected chi connectivity index (χ1v) is 14.9. The molecule has 0 aliphatic carbocycles. The lowest BCUT2D eigenvalue weighted by Crippen LogP contribution is -2.50. The quantitative estimate of drug-likeness (QED) is 0.372. The standard InChI is InChI=1S/C33H40N4O6/c1-21-18-37(22(2)20-38)32(40)26-11-7-13-28(34-31(39)24-14-16-42-17-15-24)30(26)43-29(21)19-36(3)33(41)35-27-12-6-9-23-8-4-5-10-25(23)27/h4-13,21-22,24,29,38H,14-20H2,1-3H3,(H,34,39)(H,35,41)/t21-,22-,29+/m1/s1. The van der Waals surface area contributed by atoms with Gasteiger partial charge in [0.05, 0.1) is 36.1 Å². The molecule has 3 atom stereocenters. The lowest BCUT2D eigenvalue weighted by Gasteiger charge is -2.38. The third-order valence-electron chi connectivity index (χ3n) is 8.37. The van der Waals surface area contributed by atoms with Crippen molar-refractivity contribution < 1.29 is 29.0 Å². The molecule has 3 N–H and O–H groups in total. The average molecular weight is 589 g/mol. The topological polar surface area (TPSA) is 120 Å². The fourth-order valence-electron chi connectivity index (χ4n) is 5.65. The van der Waals surface area contributed by atoms with E-state index in [1.807, 2.05) is 49.4 Å². The number of aliphatic hydroxyl groups excluding tert-OH is 1. The molecule has 1 fully saturated rings. The summed E-state index contributed by atoms with van der Waals surface area (Å²) in [7, 11) is 1.70. The zero-order valence-electron chi connectivity index (χ0n) is 24.9. The van der Waals surface area contributed by atoms with Crippen LogP contribution in [0.3, 0.4) is 0 Å². The van der Waals surface area contributed by atoms with Crippen molar-refractivity contribution in [1.29, 1.82) is 0 Å². The maximum Gasteiger partial charge on any atom is 0.321 e. The molecule has 0 radical (unpaired) electrons. The number of rotatable bonds is 7. The first-order valence-electron chi connectivity index (χ1n) is 14.9. The molecular weight excluding hydrogens is 548 g/mol. The van der Waals surface area contributed by atoms with Gasteiger partial charge in [-0.15, -0.1) is 0 Å². The second-order valence-corrected chi connectivity index (χ2v) is 11.5. The second kappa shape index (κ2) is 13.4. The van der Waals surface area contributed by atoms with E-state index in [9.17, 15) is 19.5 Å². The van der Waals surface area contributed by atoms with Crippen molar-refractivity contribution in [3.05, 3.63) is 66.2 Å². The Morgan fingerprint density at radius 1 is 1.02 bits per heavy atom. The van der Waals surface area contributed by atoms with Crippen molar-refractivity contribution in [2.24, 2.45) is 11.8 Å². The van der Waals surface area contributed by atoms with E-state index in [2.05, 4.69) is 10.6 Å². The number of carbonyl (C=O) groups is 3. The molecule has 4 amide bonds. The zero-order chi connectivity index (χ0) is 30.5. The van der Waals surface area contributed by atoms with E-state index in [1.54, 1.807) is 42.0 Å². The Hall–Kier alpha value is -4.15. The van der Waals surface area contributed by atoms with Gasteiger partial charge in [0.15, 0.2) is 5.75 Å². The van der Waals surface area contributed by atoms with E-state index in [0.29, 0.717) is 49.5 Å². The lowest BCUT2D eigenvalue weighted by molar-refractivity contribution is -0.122. The first-order chi connectivity index (χ1) is 20.8. The molecule has 0 aromatic heterocycles. The Morgan fingerprint density at radius 2 is 1.72 bits per heavy atom. The number of amides is 4. The monoisotopic (exact) mass is 588 g/mol. The Balaban J connectivity index is 1.42. The van der Waals surface area contributed by atoms with Crippen LogP contribution in [0, 0.1) is 11.8 Å². The molecule has 5 rings (SSSR count). The van der Waals surface area contributed by atoms with Crippen LogP contribution < -0.4 is 15.4 Å². The summed E-state index contributed by atoms with van der Waals surface area (Å²) in [4.78, 5) is 43.5. The number of hydrogen-bond acceptors (Lipinski definition) is 6. The van der Waals surface area contributed by atoms with Crippen LogP contribution in [0.2, 0.25) is 0 Å². The summed E-state index contributed by atoms with van der Waals surface area (Å²) in [6.45, 7) is 5.15. The van der Waals surface area contributed by atoms with Crippen molar-refractivity contribution in [2.75, 3.05) is 50.6 Å². The summed E-state index contributed by atoms with van der Waals surface area (Å²) in [5.74, 6) is -0.573. The highest BCUT2D eigenvalue weighted by Crippen LogP contribution is 2.35. The molecule has 2 aliphatic heterocycles. The van der Waals surface area contributed by atoms with Gasteiger partial charge in [-0.25, -0.2) is 4.79 Å². The fourth-order valence-corrected chi connectivity index (χ4v) is 5.65. The number of carbonyl (C=O) groups excluding carboxylic acids is 3. The van der Waals surface area contributed by atoms with Gasteiger partial charge in [-0.3, -0.25) is 9.59 Å². The molecule has 3 aromatic rings. The van der Waals surface area contributed by atoms with Gasteiger partial charge in [0.1, 0.15) is 6.10 Å². The van der Waals surface area contributed by atoms with E-state index < -0.39 is 12.1 Å². The molecule has 2 aliphatic rings. The van der Waals surface area contributed by atoms with Gasteiger partial charge in [0.2, 0.25) is 5.91 Å². The van der Waals surface area contributed by atoms with Crippen LogP contribution in [0.5, 0.6) is 5.75 Å². The molecule has 43 heavy (non-hydrogen) atoms. The smallest absolute Gasteiger partial charge is 0.321 e. The summed E-state index contributed by atoms with van der Waals surface area (Å²) in [5, 5.41) is 17.9. The Labute approximate surface area is 251 Å². The van der Waals surface area contributed by atoms with E-state index in [-0.39, 0.29) is 48.6 Å². The van der Waals surface area contributed by atoms with Crippen LogP contribution in [0.15, 0.2) is 60.7 Å². The number of likely N-dealkylation sites (N-methyl/N-ethyl adjacent to an activating group) is 1. The van der Waals surface area contributed by atoms with Gasteiger partial charge in [-0.2, -0.15) is 0 Å². The van der Waals surface area contributed by atoms with Crippen LogP contribution >= 0.6 is 0 Å². The molecular formula is C33H40N4O6. The number of urea groups is 1. The number of nitrogens with zero attached hydrogens (tertiary/aromatic N) is 2. The lowest BCUT2D eigenvalue weighted by atomic mass is 9.98. The molecule has 10 nitrogen and oxygen atoms in total. The summed E-state index contributed by atoms with van der Waals surface area (Å²) < 4.78 is 12.0. The van der Waals surface area contributed by atoms with Crippen molar-refractivity contribution in [3.63, 3.8) is 0 Å². The van der Waals surface area contributed by atoms with Crippen molar-refractivity contribution in [3.8, 4) is 5.75 Å². The van der Waals surface area contributed by atoms with E-state index in [4.69, 9.17) is 9.47 Å². The van der Waals surface area contributed by atoms with Crippen LogP contribution in [0.25, 0.3) is 10.8 Å². The van der Waals surface area contributed by atoms with Gasteiger partial charge in [0.25, 0.3) is 5.91 Å². The Bertz CT molecular complexity index is 1470. The number of fused-ring (bicyclic) bond motifs is 2. The first kappa shape index (κ1) is 30.3. The summed E-state index contributed by atoms with van der Waals surface area (Å²) in [5.41, 5.74) is 1.41. The number of anilines is 2. The SMILES string of the molecule is C[C@@H]1CN([C@H](C)CO)C(=O)c2cccc(NC(=O)C3CCOCC3)c2O[C@H]1CN(C)C(=O)Nc1cccc2ccccc12. The fraction of sp³-hybridized carbons (Fsp3) is 0.424. The van der Waals surface area contributed by atoms with E-state index in [0.717, 1.165) is 10.8 Å². The number of ether oxygens (including phenoxy) is 2. The Kier molecular flexibility index (Phi) is 9.47. The summed E-state index contributed by atoms with van der Waals surface area (Å²) in [6, 6.07) is 18.0. The molecule has 228 valence electrons. The average Bonchev–Trinajstić information content (AvgIpc) is 3.03. The zero-order valence-corrected chi connectivity index (χ0v) is 24.9. The third-order valence-corrected chi connectivity index (χ3v) is 8.37. The summed E-state index contributed by atoms with van der Waals surface area (Å²) >= 11 is 0. The van der Waals surface area contributed by atoms with E-state index >= 15 is 0 Å². The molecule has 10 heteroatoms. The molecule has 1 saturated heterocycles. The number of nitrogens with one attached hydrogen (secondary N) is 2. The van der Waals surface area contributed by atoms with Gasteiger partial charge in [0, 0.05) is 44.0 Å². The van der Waals surface area contributed by atoms with Gasteiger partial charge in [-0.05, 0) is 43.4 Å². The largest absolute Gasteiger partial charge is 0.485 e. The molecule has 0 saturated carbocycles. The molecule has 3 aromatic carbocycles. The molecule has 2 heterocycles. The maximum absolute atomic E-state index is 13.8. The number of para-hydroxylation sites is 1. The normalized spacial score (nSPS) is 19.9. The highest BCUT2D eigenvalue weighted by molar-refractivity contribution is 6.03. The van der Waals surface area contributed by atoms with E-state index in [1.165, 1.54) is 0 Å². The minimum absolute atomic E-state index is 0.147. The Morgan fingerprint density at radius 3 is 2.49 bits per heavy atom. The highest BCUT2D eigenvalue weighted by Gasteiger charge is 2.35. The molecule has 0 spiro atoms. The highest BCUT2D eigenvalue weighted by atomic mass is 16.5. The number of aliphatic hydroxyl groups is 1. The van der Waals surface area contributed by atoms with Gasteiger partial charge >= 0.3 is 6.03 Å². The minimum Gasteiger partial charge on any atom is -0.485 e. The summed E-state index contributed by atoms with van der Waals surface area (Å²) in [6.07, 6.45) is 0.724. The predicted molar refractivity (Wildman–Crippen MR) is 165 cm³/mol. The molecule has 0 bridgehead atoms. The number of hydrogen-bond donors (Lipinski definition) is 3. The van der Waals surface area contributed by atoms with Gasteiger partial charge in [-0.1, -0.05) is 49.4 Å². The maximum atomic E-state index is 13.8. The van der Waals surface area contributed by atoms with Crippen molar-refractivity contribution >= 4 is 40.0 Å². The van der Waals surface area contributed by atoms with Crippen LogP contribution in [0.4, 0.5) is 16.2 Å². The van der Waals surface area contributed by atoms with Crippen LogP contribution in [-0.2, 0) is 9.53 Å². The third kappa shape index (κ3) is 6.76. The second-order valence-electron chi connectivity index (χ2n) is 11.5. The molecule has 0 unspecified atom stereocenters. The van der Waals surface area contributed by atoms with Crippen LogP contribution in [-0.4, -0.2) is 84.9 Å². The van der Waals surface area contributed by atoms with Gasteiger partial charge < -0.3 is 35.0 Å². The minimum atomic E-state index is -0.523. The van der Waals surface area contributed by atoms with Crippen molar-refractivity contribution in [2.45, 2.75) is 38.8 Å². The van der Waals surface area contributed by atoms with Crippen LogP contribution in [0.1, 0.15) is 37.0 Å². The predicted octanol–water partition coefficient (Wildman–Crippen LogP) is 4.59. The van der Waals surface area contributed by atoms with Crippen molar-refractivity contribution in [1.82, 2.24) is 9.80 Å². The number of benzene rings is 3.